The first kappa shape index (κ1) is 34.5. The molecule has 286 valence electrons. The third-order valence-electron chi connectivity index (χ3n) is 13.3. The van der Waals surface area contributed by atoms with Crippen LogP contribution in [-0.2, 0) is 6.42 Å². The fourth-order valence-electron chi connectivity index (χ4n) is 10.8. The molecule has 59 heavy (non-hydrogen) atoms. The second kappa shape index (κ2) is 12.5. The van der Waals surface area contributed by atoms with Crippen molar-refractivity contribution in [3.05, 3.63) is 163 Å². The van der Waals surface area contributed by atoms with Gasteiger partial charge in [-0.3, -0.25) is 0 Å². The quantitative estimate of drug-likeness (QED) is 0.129. The number of para-hydroxylation sites is 5. The van der Waals surface area contributed by atoms with Gasteiger partial charge in [0.15, 0.2) is 40.1 Å². The van der Waals surface area contributed by atoms with Crippen LogP contribution in [0.3, 0.4) is 0 Å². The van der Waals surface area contributed by atoms with Gasteiger partial charge in [-0.1, -0.05) is 117 Å². The molecule has 2 aliphatic rings. The first-order valence-corrected chi connectivity index (χ1v) is 24.5. The topological polar surface area (TPSA) is 39.0 Å². The Morgan fingerprint density at radius 3 is 2.19 bits per heavy atom. The van der Waals surface area contributed by atoms with E-state index in [0.29, 0.717) is 0 Å². The highest BCUT2D eigenvalue weighted by atomic mass is 28.3. The molecule has 2 aliphatic heterocycles. The van der Waals surface area contributed by atoms with Crippen LogP contribution >= 0.6 is 0 Å². The predicted octanol–water partition coefficient (Wildman–Crippen LogP) is 12.3. The van der Waals surface area contributed by atoms with E-state index < -0.39 is 8.07 Å². The summed E-state index contributed by atoms with van der Waals surface area (Å²) in [6.07, 6.45) is 5.17. The van der Waals surface area contributed by atoms with Crippen molar-refractivity contribution in [1.29, 1.82) is 0 Å². The van der Waals surface area contributed by atoms with E-state index in [1.807, 2.05) is 6.07 Å². The van der Waals surface area contributed by atoms with Crippen LogP contribution in [-0.4, -0.2) is 12.6 Å². The Hall–Kier alpha value is -6.50. The number of pyridine rings is 1. The number of allylic oxidation sites excluding steroid dienone is 1. The van der Waals surface area contributed by atoms with Gasteiger partial charge in [0.25, 0.3) is 0 Å². The molecule has 2 unspecified atom stereocenters. The van der Waals surface area contributed by atoms with Gasteiger partial charge in [-0.15, -0.1) is 0 Å². The van der Waals surface area contributed by atoms with Crippen LogP contribution in [0.4, 0.5) is 0 Å². The van der Waals surface area contributed by atoms with Gasteiger partial charge in [-0.05, 0) is 72.9 Å². The molecule has 6 heterocycles. The van der Waals surface area contributed by atoms with E-state index in [-0.39, 0.29) is 12.0 Å². The van der Waals surface area contributed by atoms with Crippen LogP contribution in [0.25, 0.3) is 88.9 Å². The predicted molar refractivity (Wildman–Crippen MR) is 243 cm³/mol. The van der Waals surface area contributed by atoms with E-state index in [1.54, 1.807) is 0 Å². The molecule has 2 atom stereocenters. The molecule has 0 N–H and O–H groups in total. The number of imidazole rings is 1. The zero-order valence-corrected chi connectivity index (χ0v) is 34.9. The number of furan rings is 2. The van der Waals surface area contributed by atoms with E-state index in [0.717, 1.165) is 96.9 Å². The van der Waals surface area contributed by atoms with Crippen molar-refractivity contribution in [2.24, 2.45) is 0 Å². The summed E-state index contributed by atoms with van der Waals surface area (Å²) in [5.41, 5.74) is 15.6. The van der Waals surface area contributed by atoms with Crippen molar-refractivity contribution < 1.29 is 18.0 Å². The summed E-state index contributed by atoms with van der Waals surface area (Å²) < 4.78 is 21.4. The Bertz CT molecular complexity index is 3410. The number of benzene rings is 6. The molecule has 0 amide bonds. The highest BCUT2D eigenvalue weighted by Crippen LogP contribution is 2.48. The SMILES string of the molecule is C=C1CC2C(CCc3ccc4c(oc5ccccc54)c3-c3n1c1ccccc1[n+]3-c1cccc3c1oc1ccccc13)c1ccccc1-c1cc(C)c([Si](C)(C)C)c[n+]12. The van der Waals surface area contributed by atoms with Gasteiger partial charge < -0.3 is 8.83 Å². The first-order chi connectivity index (χ1) is 28.7. The average molecular weight is 784 g/mol. The van der Waals surface area contributed by atoms with Crippen molar-refractivity contribution in [2.75, 3.05) is 0 Å². The van der Waals surface area contributed by atoms with Crippen LogP contribution < -0.4 is 14.3 Å². The largest absolute Gasteiger partial charge is 0.455 e. The Labute approximate surface area is 344 Å². The van der Waals surface area contributed by atoms with E-state index >= 15 is 0 Å². The molecular weight excluding hydrogens is 739 g/mol. The molecule has 0 saturated heterocycles. The second-order valence-electron chi connectivity index (χ2n) is 17.8. The fraction of sp³-hybridized carbons (Fsp3) is 0.170. The number of fused-ring (bicyclic) bond motifs is 18. The van der Waals surface area contributed by atoms with Crippen LogP contribution in [0.2, 0.25) is 19.6 Å². The third-order valence-corrected chi connectivity index (χ3v) is 15.5. The summed E-state index contributed by atoms with van der Waals surface area (Å²) in [7, 11) is -1.66. The molecule has 6 aromatic carbocycles. The normalized spacial score (nSPS) is 16.6. The van der Waals surface area contributed by atoms with Gasteiger partial charge in [0.05, 0.1) is 14.5 Å². The molecule has 0 spiro atoms. The Kier molecular flexibility index (Phi) is 7.32. The summed E-state index contributed by atoms with van der Waals surface area (Å²) in [5, 5.41) is 5.97. The number of aromatic nitrogens is 3. The van der Waals surface area contributed by atoms with Gasteiger partial charge in [-0.25, -0.2) is 0 Å². The van der Waals surface area contributed by atoms with Crippen molar-refractivity contribution in [3.8, 4) is 28.3 Å². The summed E-state index contributed by atoms with van der Waals surface area (Å²) in [6.45, 7) is 14.8. The molecule has 0 saturated carbocycles. The van der Waals surface area contributed by atoms with Crippen LogP contribution in [0.15, 0.2) is 155 Å². The molecule has 6 heteroatoms. The van der Waals surface area contributed by atoms with E-state index in [1.165, 1.54) is 33.1 Å². The van der Waals surface area contributed by atoms with E-state index in [9.17, 15) is 0 Å². The summed E-state index contributed by atoms with van der Waals surface area (Å²) >= 11 is 0. The Balaban J connectivity index is 1.20. The molecule has 10 aromatic rings. The third kappa shape index (κ3) is 4.96. The number of hydrogen-bond acceptors (Lipinski definition) is 2. The van der Waals surface area contributed by atoms with Crippen LogP contribution in [0.1, 0.15) is 41.5 Å². The number of rotatable bonds is 2. The maximum Gasteiger partial charge on any atom is 0.304 e. The number of nitrogens with zero attached hydrogens (tertiary/aromatic N) is 3. The summed E-state index contributed by atoms with van der Waals surface area (Å²) in [6, 6.07) is 48.6. The zero-order chi connectivity index (χ0) is 39.7. The monoisotopic (exact) mass is 783 g/mol. The molecule has 0 bridgehead atoms. The minimum absolute atomic E-state index is 0.167. The molecular formula is C53H45N3O2Si+2. The second-order valence-corrected chi connectivity index (χ2v) is 22.8. The lowest BCUT2D eigenvalue weighted by Crippen LogP contribution is -2.53. The van der Waals surface area contributed by atoms with Gasteiger partial charge >= 0.3 is 5.82 Å². The minimum Gasteiger partial charge on any atom is -0.455 e. The first-order valence-electron chi connectivity index (χ1n) is 21.0. The molecule has 5 nitrogen and oxygen atoms in total. The van der Waals surface area contributed by atoms with Gasteiger partial charge in [0.2, 0.25) is 5.69 Å². The molecule has 0 fully saturated rings. The van der Waals surface area contributed by atoms with Crippen LogP contribution in [0.5, 0.6) is 0 Å². The van der Waals surface area contributed by atoms with Crippen molar-refractivity contribution in [1.82, 2.24) is 4.57 Å². The number of hydrogen-bond donors (Lipinski definition) is 0. The van der Waals surface area contributed by atoms with Gasteiger partial charge in [0, 0.05) is 44.3 Å². The maximum atomic E-state index is 7.02. The minimum atomic E-state index is -1.66. The fourth-order valence-corrected chi connectivity index (χ4v) is 12.6. The standard InChI is InChI=1S/C53H45N3O2Si/c1-32-29-45-36-16-7-6-15-35(36)37-27-25-34-26-28-41-39-18-9-13-24-48(39)58-52(41)50(34)53-55(33(2)30-46(37)54(45)31-49(32)59(3,4)5)42-20-10-11-21-43(42)56(53)44-22-14-19-40-38-17-8-12-23-47(38)57-51(40)44/h6-24,26,28-29,31,37,46H,2,25,27,30H2,1,3-5H3/q+2. The highest BCUT2D eigenvalue weighted by Gasteiger charge is 2.45. The lowest BCUT2D eigenvalue weighted by atomic mass is 9.77. The lowest BCUT2D eigenvalue weighted by Gasteiger charge is -2.33. The zero-order valence-electron chi connectivity index (χ0n) is 33.9. The molecule has 0 aliphatic carbocycles. The van der Waals surface area contributed by atoms with Gasteiger partial charge in [-0.2, -0.15) is 13.7 Å². The van der Waals surface area contributed by atoms with Crippen molar-refractivity contribution >= 4 is 73.9 Å². The number of aryl methyl sites for hydroxylation is 2. The lowest BCUT2D eigenvalue weighted by molar-refractivity contribution is -0.716. The molecule has 12 rings (SSSR count). The Morgan fingerprint density at radius 1 is 0.712 bits per heavy atom. The highest BCUT2D eigenvalue weighted by molar-refractivity contribution is 6.88. The maximum absolute atomic E-state index is 7.02. The smallest absolute Gasteiger partial charge is 0.304 e. The summed E-state index contributed by atoms with van der Waals surface area (Å²) in [5.74, 6) is 1.31. The van der Waals surface area contributed by atoms with Crippen LogP contribution in [0, 0.1) is 6.92 Å². The average Bonchev–Trinajstić information content (AvgIpc) is 3.92. The molecule has 0 radical (unpaired) electrons. The van der Waals surface area contributed by atoms with E-state index in [2.05, 4.69) is 174 Å². The molecule has 4 aromatic heterocycles. The Morgan fingerprint density at radius 2 is 1.39 bits per heavy atom. The van der Waals surface area contributed by atoms with Gasteiger partial charge in [0.1, 0.15) is 22.4 Å². The van der Waals surface area contributed by atoms with Crippen molar-refractivity contribution in [3.63, 3.8) is 0 Å². The summed E-state index contributed by atoms with van der Waals surface area (Å²) in [4.78, 5) is 0. The van der Waals surface area contributed by atoms with E-state index in [4.69, 9.17) is 15.4 Å². The van der Waals surface area contributed by atoms with Crippen molar-refractivity contribution in [2.45, 2.75) is 57.8 Å².